The summed E-state index contributed by atoms with van der Waals surface area (Å²) < 4.78 is 31.1. The average Bonchev–Trinajstić information content (AvgIpc) is 2.27. The Kier molecular flexibility index (Phi) is 5.92. The maximum atomic E-state index is 13.3. The quantitative estimate of drug-likeness (QED) is 0.550. The van der Waals surface area contributed by atoms with Crippen LogP contribution in [0.15, 0.2) is 18.2 Å². The van der Waals surface area contributed by atoms with Crippen molar-refractivity contribution in [2.45, 2.75) is 26.7 Å². The summed E-state index contributed by atoms with van der Waals surface area (Å²) in [4.78, 5) is 11.6. The molecule has 2 nitrogen and oxygen atoms in total. The molecular weight excluding hydrogens is 238 g/mol. The fraction of sp³-hybridized carbons (Fsp3) is 0.500. The van der Waals surface area contributed by atoms with Gasteiger partial charge < -0.3 is 4.74 Å². The van der Waals surface area contributed by atoms with E-state index in [9.17, 15) is 13.6 Å². The van der Waals surface area contributed by atoms with E-state index in [1.54, 1.807) is 0 Å². The molecular formula is C14H18F2O2. The molecule has 1 rings (SSSR count). The van der Waals surface area contributed by atoms with Crippen LogP contribution in [0.2, 0.25) is 0 Å². The van der Waals surface area contributed by atoms with E-state index in [4.69, 9.17) is 4.74 Å². The van der Waals surface area contributed by atoms with E-state index in [1.165, 1.54) is 0 Å². The summed E-state index contributed by atoms with van der Waals surface area (Å²) >= 11 is 0. The minimum absolute atomic E-state index is 0.125. The third kappa shape index (κ3) is 4.92. The van der Waals surface area contributed by atoms with Crippen molar-refractivity contribution < 1.29 is 18.3 Å². The number of hydrogen-bond donors (Lipinski definition) is 0. The Bertz CT molecular complexity index is 403. The molecule has 0 N–H and O–H groups in total. The molecule has 0 amide bonds. The van der Waals surface area contributed by atoms with Gasteiger partial charge in [0.15, 0.2) is 5.78 Å². The van der Waals surface area contributed by atoms with Crippen LogP contribution in [0.3, 0.4) is 0 Å². The molecule has 4 heteroatoms. The Labute approximate surface area is 106 Å². The molecule has 0 bridgehead atoms. The van der Waals surface area contributed by atoms with Crippen molar-refractivity contribution in [1.82, 2.24) is 0 Å². The molecule has 0 spiro atoms. The Morgan fingerprint density at radius 2 is 2.06 bits per heavy atom. The minimum atomic E-state index is -0.842. The number of ketones is 1. The van der Waals surface area contributed by atoms with Crippen LogP contribution in [0.1, 0.15) is 37.0 Å². The third-order valence-electron chi connectivity index (χ3n) is 2.53. The summed E-state index contributed by atoms with van der Waals surface area (Å²) in [5.41, 5.74) is -0.125. The zero-order chi connectivity index (χ0) is 13.5. The number of ether oxygens (including phenoxy) is 1. The SMILES string of the molecule is CC(C)CCCOCC(=O)c1ccc(F)cc1F. The second-order valence-electron chi connectivity index (χ2n) is 4.64. The Morgan fingerprint density at radius 1 is 1.33 bits per heavy atom. The molecule has 0 fully saturated rings. The molecule has 0 saturated carbocycles. The van der Waals surface area contributed by atoms with Crippen LogP contribution in [0.4, 0.5) is 8.78 Å². The molecule has 0 aromatic heterocycles. The molecule has 0 aliphatic carbocycles. The van der Waals surface area contributed by atoms with Crippen molar-refractivity contribution in [3.8, 4) is 0 Å². The summed E-state index contributed by atoms with van der Waals surface area (Å²) in [7, 11) is 0. The highest BCUT2D eigenvalue weighted by Gasteiger charge is 2.12. The van der Waals surface area contributed by atoms with E-state index in [-0.39, 0.29) is 12.2 Å². The van der Waals surface area contributed by atoms with E-state index < -0.39 is 17.4 Å². The van der Waals surface area contributed by atoms with E-state index in [0.717, 1.165) is 25.0 Å². The second kappa shape index (κ2) is 7.21. The van der Waals surface area contributed by atoms with Crippen molar-refractivity contribution in [3.05, 3.63) is 35.4 Å². The first kappa shape index (κ1) is 14.8. The molecule has 0 aliphatic rings. The smallest absolute Gasteiger partial charge is 0.191 e. The monoisotopic (exact) mass is 256 g/mol. The fourth-order valence-corrected chi connectivity index (χ4v) is 1.55. The van der Waals surface area contributed by atoms with Crippen LogP contribution in [-0.4, -0.2) is 19.0 Å². The predicted molar refractivity (Wildman–Crippen MR) is 65.6 cm³/mol. The number of Topliss-reactive ketones (excluding diaryl/α,β-unsaturated/α-hetero) is 1. The first-order valence-corrected chi connectivity index (χ1v) is 6.06. The van der Waals surface area contributed by atoms with Gasteiger partial charge in [0, 0.05) is 12.7 Å². The van der Waals surface area contributed by atoms with Crippen LogP contribution < -0.4 is 0 Å². The van der Waals surface area contributed by atoms with Crippen molar-refractivity contribution in [2.75, 3.05) is 13.2 Å². The van der Waals surface area contributed by atoms with Gasteiger partial charge in [-0.15, -0.1) is 0 Å². The summed E-state index contributed by atoms with van der Waals surface area (Å²) in [6, 6.07) is 2.91. The van der Waals surface area contributed by atoms with Crippen LogP contribution in [-0.2, 0) is 4.74 Å². The Morgan fingerprint density at radius 3 is 2.67 bits per heavy atom. The molecule has 100 valence electrons. The van der Waals surface area contributed by atoms with Crippen LogP contribution in [0, 0.1) is 17.6 Å². The molecule has 1 aromatic rings. The van der Waals surface area contributed by atoms with Gasteiger partial charge in [0.2, 0.25) is 0 Å². The number of hydrogen-bond acceptors (Lipinski definition) is 2. The number of benzene rings is 1. The normalized spacial score (nSPS) is 10.9. The van der Waals surface area contributed by atoms with E-state index in [0.29, 0.717) is 18.6 Å². The minimum Gasteiger partial charge on any atom is -0.373 e. The van der Waals surface area contributed by atoms with Crippen molar-refractivity contribution in [3.63, 3.8) is 0 Å². The van der Waals surface area contributed by atoms with Gasteiger partial charge in [-0.25, -0.2) is 8.78 Å². The topological polar surface area (TPSA) is 26.3 Å². The summed E-state index contributed by atoms with van der Waals surface area (Å²) in [6.45, 7) is 4.53. The van der Waals surface area contributed by atoms with Gasteiger partial charge in [-0.05, 0) is 30.9 Å². The first-order valence-electron chi connectivity index (χ1n) is 6.06. The molecule has 0 unspecified atom stereocenters. The highest BCUT2D eigenvalue weighted by molar-refractivity contribution is 5.97. The number of carbonyl (C=O) groups excluding carboxylic acids is 1. The lowest BCUT2D eigenvalue weighted by atomic mass is 10.1. The predicted octanol–water partition coefficient (Wildman–Crippen LogP) is 3.60. The van der Waals surface area contributed by atoms with Gasteiger partial charge in [-0.2, -0.15) is 0 Å². The Hall–Kier alpha value is -1.29. The van der Waals surface area contributed by atoms with E-state index in [1.807, 2.05) is 0 Å². The van der Waals surface area contributed by atoms with Gasteiger partial charge in [-0.1, -0.05) is 13.8 Å². The molecule has 0 saturated heterocycles. The third-order valence-corrected chi connectivity index (χ3v) is 2.53. The largest absolute Gasteiger partial charge is 0.373 e. The summed E-state index contributed by atoms with van der Waals surface area (Å²) in [5.74, 6) is -1.40. The standard InChI is InChI=1S/C14H18F2O2/c1-10(2)4-3-7-18-9-14(17)12-6-5-11(15)8-13(12)16/h5-6,8,10H,3-4,7,9H2,1-2H3. The fourth-order valence-electron chi connectivity index (χ4n) is 1.55. The highest BCUT2D eigenvalue weighted by atomic mass is 19.1. The van der Waals surface area contributed by atoms with Crippen LogP contribution in [0.5, 0.6) is 0 Å². The Balaban J connectivity index is 2.36. The lowest BCUT2D eigenvalue weighted by Gasteiger charge is -2.06. The average molecular weight is 256 g/mol. The number of rotatable bonds is 7. The zero-order valence-corrected chi connectivity index (χ0v) is 10.7. The second-order valence-corrected chi connectivity index (χ2v) is 4.64. The van der Waals surface area contributed by atoms with Crippen LogP contribution in [0.25, 0.3) is 0 Å². The van der Waals surface area contributed by atoms with Gasteiger partial charge in [0.05, 0.1) is 5.56 Å². The van der Waals surface area contributed by atoms with Crippen molar-refractivity contribution >= 4 is 5.78 Å². The number of carbonyl (C=O) groups is 1. The van der Waals surface area contributed by atoms with Gasteiger partial charge in [0.25, 0.3) is 0 Å². The van der Waals surface area contributed by atoms with Gasteiger partial charge >= 0.3 is 0 Å². The van der Waals surface area contributed by atoms with Crippen molar-refractivity contribution in [2.24, 2.45) is 5.92 Å². The van der Waals surface area contributed by atoms with Gasteiger partial charge in [-0.3, -0.25) is 4.79 Å². The van der Waals surface area contributed by atoms with E-state index in [2.05, 4.69) is 13.8 Å². The maximum Gasteiger partial charge on any atom is 0.191 e. The lowest BCUT2D eigenvalue weighted by molar-refractivity contribution is 0.0745. The van der Waals surface area contributed by atoms with Crippen LogP contribution >= 0.6 is 0 Å². The van der Waals surface area contributed by atoms with Gasteiger partial charge in [0.1, 0.15) is 18.2 Å². The first-order chi connectivity index (χ1) is 8.50. The molecule has 18 heavy (non-hydrogen) atoms. The lowest BCUT2D eigenvalue weighted by Crippen LogP contribution is -2.12. The van der Waals surface area contributed by atoms with Crippen molar-refractivity contribution in [1.29, 1.82) is 0 Å². The molecule has 0 heterocycles. The molecule has 1 aromatic carbocycles. The van der Waals surface area contributed by atoms with E-state index >= 15 is 0 Å². The highest BCUT2D eigenvalue weighted by Crippen LogP contribution is 2.10. The molecule has 0 aliphatic heterocycles. The maximum absolute atomic E-state index is 13.3. The molecule has 0 atom stereocenters. The zero-order valence-electron chi connectivity index (χ0n) is 10.7. The number of halogens is 2. The molecule has 0 radical (unpaired) electrons. The summed E-state index contributed by atoms with van der Waals surface area (Å²) in [6.07, 6.45) is 1.90. The summed E-state index contributed by atoms with van der Waals surface area (Å²) in [5, 5.41) is 0.